The molecule has 15 heavy (non-hydrogen) atoms. The lowest BCUT2D eigenvalue weighted by Gasteiger charge is -2.27. The summed E-state index contributed by atoms with van der Waals surface area (Å²) in [5.41, 5.74) is 1.19. The third kappa shape index (κ3) is 3.24. The molecule has 1 aromatic carbocycles. The summed E-state index contributed by atoms with van der Waals surface area (Å²) in [6.45, 7) is 8.71. The van der Waals surface area contributed by atoms with Crippen LogP contribution in [0.2, 0.25) is 0 Å². The molecule has 2 heteroatoms. The van der Waals surface area contributed by atoms with E-state index in [1.54, 1.807) is 6.07 Å². The minimum absolute atomic E-state index is 0.354. The second kappa shape index (κ2) is 5.76. The molecule has 0 aliphatic rings. The van der Waals surface area contributed by atoms with Gasteiger partial charge in [0.25, 0.3) is 0 Å². The van der Waals surface area contributed by atoms with Gasteiger partial charge in [-0.15, -0.1) is 0 Å². The van der Waals surface area contributed by atoms with E-state index in [9.17, 15) is 5.11 Å². The van der Waals surface area contributed by atoms with Crippen LogP contribution in [-0.2, 0) is 0 Å². The van der Waals surface area contributed by atoms with Gasteiger partial charge in [-0.3, -0.25) is 4.90 Å². The SMILES string of the molecule is CCCN(CC)C(C)c1cccc(O)c1. The molecule has 0 aliphatic heterocycles. The van der Waals surface area contributed by atoms with Gasteiger partial charge in [-0.2, -0.15) is 0 Å². The van der Waals surface area contributed by atoms with Gasteiger partial charge < -0.3 is 5.11 Å². The number of phenolic OH excluding ortho intramolecular Hbond substituents is 1. The molecule has 1 atom stereocenters. The Bertz CT molecular complexity index is 298. The topological polar surface area (TPSA) is 23.5 Å². The van der Waals surface area contributed by atoms with Crippen LogP contribution in [0.5, 0.6) is 5.75 Å². The maximum Gasteiger partial charge on any atom is 0.115 e. The fourth-order valence-corrected chi connectivity index (χ4v) is 1.91. The Morgan fingerprint density at radius 2 is 2.07 bits per heavy atom. The van der Waals surface area contributed by atoms with Gasteiger partial charge in [0.15, 0.2) is 0 Å². The van der Waals surface area contributed by atoms with E-state index in [0.717, 1.165) is 19.5 Å². The fraction of sp³-hybridized carbons (Fsp3) is 0.538. The molecule has 0 fully saturated rings. The Hall–Kier alpha value is -1.02. The minimum Gasteiger partial charge on any atom is -0.508 e. The van der Waals surface area contributed by atoms with Crippen molar-refractivity contribution < 1.29 is 5.11 Å². The first-order valence-corrected chi connectivity index (χ1v) is 5.72. The molecule has 0 aliphatic carbocycles. The van der Waals surface area contributed by atoms with E-state index in [0.29, 0.717) is 11.8 Å². The number of benzene rings is 1. The van der Waals surface area contributed by atoms with Crippen LogP contribution in [0, 0.1) is 0 Å². The normalized spacial score (nSPS) is 13.1. The molecular formula is C13H21NO. The Kier molecular flexibility index (Phi) is 4.63. The zero-order chi connectivity index (χ0) is 11.3. The van der Waals surface area contributed by atoms with E-state index >= 15 is 0 Å². The van der Waals surface area contributed by atoms with Crippen LogP contribution in [-0.4, -0.2) is 23.1 Å². The number of hydrogen-bond donors (Lipinski definition) is 1. The fourth-order valence-electron chi connectivity index (χ4n) is 1.91. The lowest BCUT2D eigenvalue weighted by molar-refractivity contribution is 0.222. The molecule has 0 heterocycles. The average molecular weight is 207 g/mol. The third-order valence-electron chi connectivity index (χ3n) is 2.82. The lowest BCUT2D eigenvalue weighted by Crippen LogP contribution is -2.27. The van der Waals surface area contributed by atoms with Gasteiger partial charge in [0.1, 0.15) is 5.75 Å². The third-order valence-corrected chi connectivity index (χ3v) is 2.82. The highest BCUT2D eigenvalue weighted by atomic mass is 16.3. The number of phenols is 1. The quantitative estimate of drug-likeness (QED) is 0.801. The van der Waals surface area contributed by atoms with Crippen LogP contribution in [0.3, 0.4) is 0 Å². The molecule has 2 nitrogen and oxygen atoms in total. The largest absolute Gasteiger partial charge is 0.508 e. The predicted molar refractivity (Wildman–Crippen MR) is 64.1 cm³/mol. The van der Waals surface area contributed by atoms with Crippen molar-refractivity contribution in [1.29, 1.82) is 0 Å². The summed E-state index contributed by atoms with van der Waals surface area (Å²) in [6.07, 6.45) is 1.16. The van der Waals surface area contributed by atoms with Crippen LogP contribution in [0.1, 0.15) is 38.8 Å². The molecule has 1 rings (SSSR count). The van der Waals surface area contributed by atoms with Crippen molar-refractivity contribution in [3.8, 4) is 5.75 Å². The monoisotopic (exact) mass is 207 g/mol. The van der Waals surface area contributed by atoms with E-state index in [2.05, 4.69) is 31.7 Å². The first-order chi connectivity index (χ1) is 7.19. The summed E-state index contributed by atoms with van der Waals surface area (Å²) in [7, 11) is 0. The van der Waals surface area contributed by atoms with Gasteiger partial charge >= 0.3 is 0 Å². The van der Waals surface area contributed by atoms with Gasteiger partial charge in [-0.25, -0.2) is 0 Å². The highest BCUT2D eigenvalue weighted by Gasteiger charge is 2.13. The van der Waals surface area contributed by atoms with Crippen LogP contribution < -0.4 is 0 Å². The summed E-state index contributed by atoms with van der Waals surface area (Å²) >= 11 is 0. The molecule has 0 spiro atoms. The summed E-state index contributed by atoms with van der Waals surface area (Å²) in [5.74, 6) is 0.354. The Morgan fingerprint density at radius 3 is 2.60 bits per heavy atom. The van der Waals surface area contributed by atoms with Crippen molar-refractivity contribution in [2.75, 3.05) is 13.1 Å². The van der Waals surface area contributed by atoms with Crippen LogP contribution in [0.4, 0.5) is 0 Å². The smallest absolute Gasteiger partial charge is 0.115 e. The van der Waals surface area contributed by atoms with E-state index in [-0.39, 0.29) is 0 Å². The molecule has 0 saturated heterocycles. The van der Waals surface area contributed by atoms with E-state index in [4.69, 9.17) is 0 Å². The van der Waals surface area contributed by atoms with Crippen molar-refractivity contribution in [2.45, 2.75) is 33.2 Å². The average Bonchev–Trinajstić information content (AvgIpc) is 2.25. The van der Waals surface area contributed by atoms with Gasteiger partial charge in [0, 0.05) is 6.04 Å². The van der Waals surface area contributed by atoms with E-state index < -0.39 is 0 Å². The molecule has 0 radical (unpaired) electrons. The standard InChI is InChI=1S/C13H21NO/c1-4-9-14(5-2)11(3)12-7-6-8-13(15)10-12/h6-8,10-11,15H,4-5,9H2,1-3H3. The van der Waals surface area contributed by atoms with Crippen molar-refractivity contribution in [3.05, 3.63) is 29.8 Å². The Balaban J connectivity index is 2.77. The van der Waals surface area contributed by atoms with Crippen molar-refractivity contribution in [1.82, 2.24) is 4.90 Å². The molecule has 0 bridgehead atoms. The number of hydrogen-bond acceptors (Lipinski definition) is 2. The first kappa shape index (κ1) is 12.1. The first-order valence-electron chi connectivity index (χ1n) is 5.72. The van der Waals surface area contributed by atoms with Crippen LogP contribution >= 0.6 is 0 Å². The summed E-state index contributed by atoms with van der Waals surface area (Å²) in [6, 6.07) is 7.92. The van der Waals surface area contributed by atoms with Gasteiger partial charge in [0.05, 0.1) is 0 Å². The molecular weight excluding hydrogens is 186 g/mol. The molecule has 1 N–H and O–H groups in total. The number of rotatable bonds is 5. The second-order valence-corrected chi connectivity index (χ2v) is 3.90. The van der Waals surface area contributed by atoms with Gasteiger partial charge in [0.2, 0.25) is 0 Å². The van der Waals surface area contributed by atoms with Crippen molar-refractivity contribution in [3.63, 3.8) is 0 Å². The highest BCUT2D eigenvalue weighted by Crippen LogP contribution is 2.23. The summed E-state index contributed by atoms with van der Waals surface area (Å²) < 4.78 is 0. The summed E-state index contributed by atoms with van der Waals surface area (Å²) in [5, 5.41) is 9.43. The van der Waals surface area contributed by atoms with Gasteiger partial charge in [-0.1, -0.05) is 26.0 Å². The Labute approximate surface area is 92.5 Å². The molecule has 0 aromatic heterocycles. The lowest BCUT2D eigenvalue weighted by atomic mass is 10.1. The minimum atomic E-state index is 0.354. The van der Waals surface area contributed by atoms with E-state index in [1.807, 2.05) is 12.1 Å². The zero-order valence-electron chi connectivity index (χ0n) is 9.90. The van der Waals surface area contributed by atoms with Crippen molar-refractivity contribution >= 4 is 0 Å². The Morgan fingerprint density at radius 1 is 1.33 bits per heavy atom. The summed E-state index contributed by atoms with van der Waals surface area (Å²) in [4.78, 5) is 2.41. The number of aromatic hydroxyl groups is 1. The second-order valence-electron chi connectivity index (χ2n) is 3.90. The maximum absolute atomic E-state index is 9.43. The molecule has 84 valence electrons. The van der Waals surface area contributed by atoms with E-state index in [1.165, 1.54) is 5.56 Å². The van der Waals surface area contributed by atoms with Gasteiger partial charge in [-0.05, 0) is 44.1 Å². The zero-order valence-corrected chi connectivity index (χ0v) is 9.90. The molecule has 0 amide bonds. The van der Waals surface area contributed by atoms with Crippen LogP contribution in [0.25, 0.3) is 0 Å². The maximum atomic E-state index is 9.43. The highest BCUT2D eigenvalue weighted by molar-refractivity contribution is 5.29. The van der Waals surface area contributed by atoms with Crippen molar-refractivity contribution in [2.24, 2.45) is 0 Å². The molecule has 0 saturated carbocycles. The predicted octanol–water partition coefficient (Wildman–Crippen LogP) is 3.19. The number of nitrogens with zero attached hydrogens (tertiary/aromatic N) is 1. The molecule has 1 aromatic rings. The molecule has 1 unspecified atom stereocenters. The van der Waals surface area contributed by atoms with Crippen LogP contribution in [0.15, 0.2) is 24.3 Å².